The third-order valence-corrected chi connectivity index (χ3v) is 3.28. The van der Waals surface area contributed by atoms with E-state index in [0.29, 0.717) is 0 Å². The molecule has 1 aliphatic rings. The molecule has 94 valence electrons. The van der Waals surface area contributed by atoms with E-state index < -0.39 is 0 Å². The third kappa shape index (κ3) is 3.63. The van der Waals surface area contributed by atoms with Gasteiger partial charge in [-0.25, -0.2) is 0 Å². The number of likely N-dealkylation sites (tertiary alicyclic amines) is 1. The van der Waals surface area contributed by atoms with E-state index in [9.17, 15) is 0 Å². The molecule has 0 radical (unpaired) electrons. The fourth-order valence-corrected chi connectivity index (χ4v) is 2.23. The van der Waals surface area contributed by atoms with Crippen LogP contribution in [0.1, 0.15) is 24.8 Å². The van der Waals surface area contributed by atoms with Crippen LogP contribution in [0.3, 0.4) is 0 Å². The summed E-state index contributed by atoms with van der Waals surface area (Å²) in [6.07, 6.45) is 4.03. The number of nitrogens with two attached hydrogens (primary N) is 1. The van der Waals surface area contributed by atoms with Gasteiger partial charge < -0.3 is 10.5 Å². The quantitative estimate of drug-likeness (QED) is 0.813. The van der Waals surface area contributed by atoms with Gasteiger partial charge in [0, 0.05) is 6.54 Å². The SMILES string of the molecule is Cc1ccc(N)c(OCCN2CCCCC2)c1. The van der Waals surface area contributed by atoms with Crippen LogP contribution in [-0.4, -0.2) is 31.1 Å². The lowest BCUT2D eigenvalue weighted by atomic mass is 10.1. The monoisotopic (exact) mass is 234 g/mol. The van der Waals surface area contributed by atoms with Crippen molar-refractivity contribution in [3.05, 3.63) is 23.8 Å². The maximum absolute atomic E-state index is 5.87. The summed E-state index contributed by atoms with van der Waals surface area (Å²) in [6.45, 7) is 6.22. The van der Waals surface area contributed by atoms with Gasteiger partial charge in [-0.15, -0.1) is 0 Å². The first-order chi connectivity index (χ1) is 8.25. The Labute approximate surface area is 104 Å². The molecule has 0 aliphatic carbocycles. The Balaban J connectivity index is 1.79. The highest BCUT2D eigenvalue weighted by Crippen LogP contribution is 2.22. The smallest absolute Gasteiger partial charge is 0.142 e. The largest absolute Gasteiger partial charge is 0.490 e. The van der Waals surface area contributed by atoms with Gasteiger partial charge in [-0.3, -0.25) is 4.90 Å². The van der Waals surface area contributed by atoms with E-state index in [0.717, 1.165) is 24.6 Å². The lowest BCUT2D eigenvalue weighted by molar-refractivity contribution is 0.184. The summed E-state index contributed by atoms with van der Waals surface area (Å²) in [5.74, 6) is 0.821. The molecule has 1 aromatic rings. The topological polar surface area (TPSA) is 38.5 Å². The molecule has 0 unspecified atom stereocenters. The molecule has 1 aromatic carbocycles. The van der Waals surface area contributed by atoms with Crippen LogP contribution in [0, 0.1) is 6.92 Å². The normalized spacial score (nSPS) is 17.0. The molecular formula is C14H22N2O. The summed E-state index contributed by atoms with van der Waals surface area (Å²) < 4.78 is 5.75. The lowest BCUT2D eigenvalue weighted by Gasteiger charge is -2.26. The summed E-state index contributed by atoms with van der Waals surface area (Å²) in [5.41, 5.74) is 7.79. The van der Waals surface area contributed by atoms with Gasteiger partial charge in [-0.1, -0.05) is 12.5 Å². The Morgan fingerprint density at radius 1 is 1.24 bits per heavy atom. The molecule has 2 rings (SSSR count). The molecule has 1 aliphatic heterocycles. The summed E-state index contributed by atoms with van der Waals surface area (Å²) in [4.78, 5) is 2.47. The minimum atomic E-state index is 0.730. The number of piperidine rings is 1. The van der Waals surface area contributed by atoms with E-state index in [1.165, 1.54) is 37.9 Å². The van der Waals surface area contributed by atoms with Gasteiger partial charge in [0.15, 0.2) is 0 Å². The number of rotatable bonds is 4. The van der Waals surface area contributed by atoms with Gasteiger partial charge >= 0.3 is 0 Å². The van der Waals surface area contributed by atoms with Gasteiger partial charge in [0.2, 0.25) is 0 Å². The van der Waals surface area contributed by atoms with Crippen LogP contribution in [0.15, 0.2) is 18.2 Å². The molecule has 3 heteroatoms. The van der Waals surface area contributed by atoms with Gasteiger partial charge in [0.05, 0.1) is 5.69 Å². The van der Waals surface area contributed by atoms with E-state index in [2.05, 4.69) is 11.8 Å². The van der Waals surface area contributed by atoms with Crippen LogP contribution in [0.2, 0.25) is 0 Å². The molecule has 0 bridgehead atoms. The Bertz CT molecular complexity index is 359. The van der Waals surface area contributed by atoms with Crippen LogP contribution in [0.25, 0.3) is 0 Å². The van der Waals surface area contributed by atoms with Crippen molar-refractivity contribution in [3.63, 3.8) is 0 Å². The third-order valence-electron chi connectivity index (χ3n) is 3.28. The molecule has 3 nitrogen and oxygen atoms in total. The summed E-state index contributed by atoms with van der Waals surface area (Å²) >= 11 is 0. The number of nitrogens with zero attached hydrogens (tertiary/aromatic N) is 1. The van der Waals surface area contributed by atoms with Gasteiger partial charge in [0.25, 0.3) is 0 Å². The Kier molecular flexibility index (Phi) is 4.26. The highest BCUT2D eigenvalue weighted by Gasteiger charge is 2.09. The van der Waals surface area contributed by atoms with Crippen LogP contribution in [0.4, 0.5) is 5.69 Å². The first-order valence-corrected chi connectivity index (χ1v) is 6.47. The number of anilines is 1. The number of benzene rings is 1. The predicted octanol–water partition coefficient (Wildman–Crippen LogP) is 2.44. The number of nitrogen functional groups attached to an aromatic ring is 1. The fourth-order valence-electron chi connectivity index (χ4n) is 2.23. The molecule has 1 heterocycles. The van der Waals surface area contributed by atoms with Gasteiger partial charge in [-0.2, -0.15) is 0 Å². The predicted molar refractivity (Wildman–Crippen MR) is 71.4 cm³/mol. The van der Waals surface area contributed by atoms with Crippen molar-refractivity contribution < 1.29 is 4.74 Å². The molecule has 0 saturated carbocycles. The lowest BCUT2D eigenvalue weighted by Crippen LogP contribution is -2.33. The molecule has 0 amide bonds. The molecule has 1 fully saturated rings. The fraction of sp³-hybridized carbons (Fsp3) is 0.571. The van der Waals surface area contributed by atoms with Crippen LogP contribution in [0.5, 0.6) is 5.75 Å². The van der Waals surface area contributed by atoms with E-state index in [4.69, 9.17) is 10.5 Å². The molecule has 2 N–H and O–H groups in total. The zero-order valence-electron chi connectivity index (χ0n) is 10.6. The van der Waals surface area contributed by atoms with Crippen molar-refractivity contribution in [1.82, 2.24) is 4.90 Å². The maximum atomic E-state index is 5.87. The van der Waals surface area contributed by atoms with Crippen molar-refractivity contribution in [2.45, 2.75) is 26.2 Å². The molecule has 17 heavy (non-hydrogen) atoms. The summed E-state index contributed by atoms with van der Waals surface area (Å²) in [6, 6.07) is 5.92. The van der Waals surface area contributed by atoms with Gasteiger partial charge in [0.1, 0.15) is 12.4 Å². The van der Waals surface area contributed by atoms with Crippen molar-refractivity contribution in [3.8, 4) is 5.75 Å². The average Bonchev–Trinajstić information content (AvgIpc) is 2.35. The average molecular weight is 234 g/mol. The highest BCUT2D eigenvalue weighted by molar-refractivity contribution is 5.53. The second kappa shape index (κ2) is 5.92. The van der Waals surface area contributed by atoms with Crippen molar-refractivity contribution in [2.75, 3.05) is 32.0 Å². The van der Waals surface area contributed by atoms with Crippen molar-refractivity contribution >= 4 is 5.69 Å². The summed E-state index contributed by atoms with van der Waals surface area (Å²) in [7, 11) is 0. The molecule has 0 atom stereocenters. The minimum Gasteiger partial charge on any atom is -0.490 e. The van der Waals surface area contributed by atoms with Crippen LogP contribution in [-0.2, 0) is 0 Å². The Morgan fingerprint density at radius 2 is 2.00 bits per heavy atom. The number of aryl methyl sites for hydroxylation is 1. The van der Waals surface area contributed by atoms with E-state index in [-0.39, 0.29) is 0 Å². The second-order valence-electron chi connectivity index (χ2n) is 4.79. The molecular weight excluding hydrogens is 212 g/mol. The number of ether oxygens (including phenoxy) is 1. The van der Waals surface area contributed by atoms with E-state index >= 15 is 0 Å². The maximum Gasteiger partial charge on any atom is 0.142 e. The molecule has 1 saturated heterocycles. The van der Waals surface area contributed by atoms with E-state index in [1.807, 2.05) is 18.2 Å². The van der Waals surface area contributed by atoms with Crippen LogP contribution >= 0.6 is 0 Å². The first kappa shape index (κ1) is 12.2. The highest BCUT2D eigenvalue weighted by atomic mass is 16.5. The zero-order chi connectivity index (χ0) is 12.1. The minimum absolute atomic E-state index is 0.730. The van der Waals surface area contributed by atoms with E-state index in [1.54, 1.807) is 0 Å². The van der Waals surface area contributed by atoms with Crippen molar-refractivity contribution in [2.24, 2.45) is 0 Å². The first-order valence-electron chi connectivity index (χ1n) is 6.47. The Hall–Kier alpha value is -1.22. The Morgan fingerprint density at radius 3 is 2.76 bits per heavy atom. The van der Waals surface area contributed by atoms with Crippen LogP contribution < -0.4 is 10.5 Å². The van der Waals surface area contributed by atoms with Gasteiger partial charge in [-0.05, 0) is 50.6 Å². The molecule has 0 aromatic heterocycles. The zero-order valence-corrected chi connectivity index (χ0v) is 10.6. The number of hydrogen-bond donors (Lipinski definition) is 1. The second-order valence-corrected chi connectivity index (χ2v) is 4.79. The summed E-state index contributed by atoms with van der Waals surface area (Å²) in [5, 5.41) is 0. The standard InChI is InChI=1S/C14H22N2O/c1-12-5-6-13(15)14(11-12)17-10-9-16-7-3-2-4-8-16/h5-6,11H,2-4,7-10,15H2,1H3. The molecule has 0 spiro atoms. The van der Waals surface area contributed by atoms with Crippen molar-refractivity contribution in [1.29, 1.82) is 0 Å². The number of hydrogen-bond acceptors (Lipinski definition) is 3.